The van der Waals surface area contributed by atoms with Crippen molar-refractivity contribution in [3.8, 4) is 11.3 Å². The van der Waals surface area contributed by atoms with Crippen LogP contribution in [0, 0.1) is 5.82 Å². The van der Waals surface area contributed by atoms with E-state index < -0.39 is 0 Å². The number of hydrogen-bond donors (Lipinski definition) is 1. The minimum atomic E-state index is -0.377. The fraction of sp³-hybridized carbons (Fsp3) is 0.0588. The monoisotopic (exact) mass is 408 g/mol. The fourth-order valence-corrected chi connectivity index (χ4v) is 3.74. The van der Waals surface area contributed by atoms with Crippen molar-refractivity contribution < 1.29 is 9.18 Å². The highest BCUT2D eigenvalue weighted by molar-refractivity contribution is 7.15. The minimum absolute atomic E-state index is 0.282. The normalized spacial score (nSPS) is 11.2. The van der Waals surface area contributed by atoms with Crippen molar-refractivity contribution in [1.29, 1.82) is 0 Å². The molecule has 0 radical (unpaired) electrons. The van der Waals surface area contributed by atoms with Crippen LogP contribution in [0.2, 0.25) is 10.2 Å². The van der Waals surface area contributed by atoms with Crippen molar-refractivity contribution in [2.24, 2.45) is 7.05 Å². The molecule has 0 aliphatic rings. The van der Waals surface area contributed by atoms with E-state index in [9.17, 15) is 9.18 Å². The highest BCUT2D eigenvalue weighted by atomic mass is 35.5. The second-order valence-corrected chi connectivity index (χ2v) is 7.19. The number of hydrogen-bond acceptors (Lipinski definition) is 3. The number of anilines is 1. The summed E-state index contributed by atoms with van der Waals surface area (Å²) in [7, 11) is 1.65. The van der Waals surface area contributed by atoms with Crippen LogP contribution in [0.4, 0.5) is 10.2 Å². The first-order valence-electron chi connectivity index (χ1n) is 7.49. The van der Waals surface area contributed by atoms with Crippen LogP contribution < -0.4 is 5.32 Å². The van der Waals surface area contributed by atoms with E-state index >= 15 is 0 Å². The van der Waals surface area contributed by atoms with Gasteiger partial charge in [0.25, 0.3) is 5.91 Å². The molecule has 5 nitrogen and oxygen atoms in total. The lowest BCUT2D eigenvalue weighted by Gasteiger charge is -2.08. The van der Waals surface area contributed by atoms with Gasteiger partial charge in [0.15, 0.2) is 4.96 Å². The SMILES string of the molecule is Cn1c(C(=O)Nc2c(-c3ccc(F)cc3)nc3sccn23)cc(Cl)c1Cl. The molecule has 4 aromatic rings. The number of imidazole rings is 1. The summed E-state index contributed by atoms with van der Waals surface area (Å²) >= 11 is 13.5. The Morgan fingerprint density at radius 1 is 1.27 bits per heavy atom. The molecule has 0 spiro atoms. The van der Waals surface area contributed by atoms with Crippen LogP contribution in [0.3, 0.4) is 0 Å². The molecule has 132 valence electrons. The van der Waals surface area contributed by atoms with Crippen molar-refractivity contribution in [2.75, 3.05) is 5.32 Å². The highest BCUT2D eigenvalue weighted by Crippen LogP contribution is 2.32. The molecular weight excluding hydrogens is 398 g/mol. The van der Waals surface area contributed by atoms with Crippen molar-refractivity contribution in [3.63, 3.8) is 0 Å². The largest absolute Gasteiger partial charge is 0.329 e. The molecule has 1 N–H and O–H groups in total. The van der Waals surface area contributed by atoms with Crippen LogP contribution in [0.15, 0.2) is 41.9 Å². The zero-order valence-corrected chi connectivity index (χ0v) is 15.7. The molecular formula is C17H11Cl2FN4OS. The number of aromatic nitrogens is 3. The number of nitrogens with one attached hydrogen (secondary N) is 1. The number of fused-ring (bicyclic) bond motifs is 1. The molecule has 9 heteroatoms. The molecule has 0 aliphatic heterocycles. The van der Waals surface area contributed by atoms with Gasteiger partial charge in [-0.3, -0.25) is 9.20 Å². The van der Waals surface area contributed by atoms with Gasteiger partial charge in [-0.25, -0.2) is 9.37 Å². The number of nitrogens with zero attached hydrogens (tertiary/aromatic N) is 3. The molecule has 3 aromatic heterocycles. The fourth-order valence-electron chi connectivity index (χ4n) is 2.65. The summed E-state index contributed by atoms with van der Waals surface area (Å²) in [5.41, 5.74) is 1.56. The number of carbonyl (C=O) groups excluding carboxylic acids is 1. The third-order valence-corrected chi connectivity index (χ3v) is 5.56. The molecule has 3 heterocycles. The number of thiazole rings is 1. The van der Waals surface area contributed by atoms with E-state index in [-0.39, 0.29) is 16.9 Å². The molecule has 0 bridgehead atoms. The first-order chi connectivity index (χ1) is 12.5. The third kappa shape index (κ3) is 2.78. The second-order valence-electron chi connectivity index (χ2n) is 5.55. The van der Waals surface area contributed by atoms with E-state index in [0.29, 0.717) is 32.8 Å². The van der Waals surface area contributed by atoms with Gasteiger partial charge in [-0.15, -0.1) is 11.3 Å². The quantitative estimate of drug-likeness (QED) is 0.512. The van der Waals surface area contributed by atoms with Crippen LogP contribution in [0.25, 0.3) is 16.2 Å². The van der Waals surface area contributed by atoms with Gasteiger partial charge in [0.1, 0.15) is 28.2 Å². The van der Waals surface area contributed by atoms with E-state index in [0.717, 1.165) is 0 Å². The predicted octanol–water partition coefficient (Wildman–Crippen LogP) is 5.10. The molecule has 4 rings (SSSR count). The summed E-state index contributed by atoms with van der Waals surface area (Å²) in [6.07, 6.45) is 1.81. The summed E-state index contributed by atoms with van der Waals surface area (Å²) in [6, 6.07) is 7.44. The third-order valence-electron chi connectivity index (χ3n) is 3.96. The van der Waals surface area contributed by atoms with Crippen LogP contribution in [-0.2, 0) is 7.05 Å². The van der Waals surface area contributed by atoms with Gasteiger partial charge in [0.05, 0.1) is 5.02 Å². The van der Waals surface area contributed by atoms with Crippen LogP contribution in [0.1, 0.15) is 10.5 Å². The topological polar surface area (TPSA) is 51.3 Å². The molecule has 0 atom stereocenters. The van der Waals surface area contributed by atoms with Crippen molar-refractivity contribution in [1.82, 2.24) is 14.0 Å². The van der Waals surface area contributed by atoms with E-state index in [4.69, 9.17) is 23.2 Å². The number of halogens is 3. The van der Waals surface area contributed by atoms with Gasteiger partial charge < -0.3 is 9.88 Å². The van der Waals surface area contributed by atoms with Crippen LogP contribution in [-0.4, -0.2) is 19.9 Å². The first-order valence-corrected chi connectivity index (χ1v) is 9.13. The van der Waals surface area contributed by atoms with Gasteiger partial charge in [-0.2, -0.15) is 0 Å². The van der Waals surface area contributed by atoms with Crippen molar-refractivity contribution >= 4 is 51.2 Å². The standard InChI is InChI=1S/C17H11Cl2FN4OS/c1-23-12(8-11(18)14(23)19)16(25)22-15-13(9-2-4-10(20)5-3-9)21-17-24(15)6-7-26-17/h2-8H,1H3,(H,22,25). The van der Waals surface area contributed by atoms with E-state index in [1.165, 1.54) is 34.1 Å². The van der Waals surface area contributed by atoms with Gasteiger partial charge in [0.2, 0.25) is 0 Å². The van der Waals surface area contributed by atoms with Gasteiger partial charge in [-0.1, -0.05) is 23.2 Å². The molecule has 1 amide bonds. The zero-order chi connectivity index (χ0) is 18.4. The van der Waals surface area contributed by atoms with Crippen molar-refractivity contribution in [2.45, 2.75) is 0 Å². The molecule has 0 saturated carbocycles. The van der Waals surface area contributed by atoms with E-state index in [1.54, 1.807) is 29.8 Å². The maximum Gasteiger partial charge on any atom is 0.273 e. The molecule has 0 unspecified atom stereocenters. The van der Waals surface area contributed by atoms with Gasteiger partial charge >= 0.3 is 0 Å². The van der Waals surface area contributed by atoms with Crippen molar-refractivity contribution in [3.05, 3.63) is 63.6 Å². The van der Waals surface area contributed by atoms with Gasteiger partial charge in [-0.05, 0) is 30.3 Å². The molecule has 0 fully saturated rings. The number of benzene rings is 1. The average Bonchev–Trinajstić information content (AvgIpc) is 3.27. The summed E-state index contributed by atoms with van der Waals surface area (Å²) in [5, 5.41) is 5.31. The molecule has 0 saturated heterocycles. The Bertz CT molecular complexity index is 1130. The number of rotatable bonds is 3. The molecule has 1 aromatic carbocycles. The minimum Gasteiger partial charge on any atom is -0.329 e. The molecule has 0 aliphatic carbocycles. The lowest BCUT2D eigenvalue weighted by molar-refractivity contribution is 0.101. The van der Waals surface area contributed by atoms with Crippen LogP contribution in [0.5, 0.6) is 0 Å². The predicted molar refractivity (Wildman–Crippen MR) is 102 cm³/mol. The van der Waals surface area contributed by atoms with E-state index in [2.05, 4.69) is 10.3 Å². The Kier molecular flexibility index (Phi) is 4.22. The summed E-state index contributed by atoms with van der Waals surface area (Å²) in [4.78, 5) is 18.0. The Hall–Kier alpha value is -2.35. The molecule has 26 heavy (non-hydrogen) atoms. The van der Waals surface area contributed by atoms with Crippen LogP contribution >= 0.6 is 34.5 Å². The number of carbonyl (C=O) groups is 1. The Labute approximate surface area is 161 Å². The zero-order valence-electron chi connectivity index (χ0n) is 13.3. The highest BCUT2D eigenvalue weighted by Gasteiger charge is 2.21. The first kappa shape index (κ1) is 17.1. The maximum absolute atomic E-state index is 13.2. The lowest BCUT2D eigenvalue weighted by Crippen LogP contribution is -2.17. The maximum atomic E-state index is 13.2. The van der Waals surface area contributed by atoms with E-state index in [1.807, 2.05) is 5.38 Å². The Morgan fingerprint density at radius 3 is 2.65 bits per heavy atom. The Balaban J connectivity index is 1.79. The smallest absolute Gasteiger partial charge is 0.273 e. The number of amides is 1. The average molecular weight is 409 g/mol. The lowest BCUT2D eigenvalue weighted by atomic mass is 10.1. The summed E-state index contributed by atoms with van der Waals surface area (Å²) < 4.78 is 16.5. The van der Waals surface area contributed by atoms with Gasteiger partial charge in [0, 0.05) is 24.2 Å². The Morgan fingerprint density at radius 2 is 2.00 bits per heavy atom. The summed E-state index contributed by atoms with van der Waals surface area (Å²) in [6.45, 7) is 0. The summed E-state index contributed by atoms with van der Waals surface area (Å²) in [5.74, 6) is -0.225. The second kappa shape index (κ2) is 6.42.